The Morgan fingerprint density at radius 1 is 1.00 bits per heavy atom. The third kappa shape index (κ3) is 6.04. The number of amides is 1. The molecular formula is C25H29N5O2. The number of nitrogens with zero attached hydrogens (tertiary/aromatic N) is 4. The molecule has 4 rings (SSSR count). The molecule has 1 amide bonds. The molecule has 1 aliphatic rings. The molecule has 166 valence electrons. The van der Waals surface area contributed by atoms with Gasteiger partial charge in [0.1, 0.15) is 12.4 Å². The van der Waals surface area contributed by atoms with Crippen LogP contribution in [0.1, 0.15) is 22.8 Å². The van der Waals surface area contributed by atoms with Crippen LogP contribution in [-0.2, 0) is 6.61 Å². The van der Waals surface area contributed by atoms with Crippen molar-refractivity contribution in [1.29, 1.82) is 0 Å². The van der Waals surface area contributed by atoms with E-state index in [9.17, 15) is 4.79 Å². The average Bonchev–Trinajstić information content (AvgIpc) is 2.84. The molecular weight excluding hydrogens is 402 g/mol. The van der Waals surface area contributed by atoms with Crippen LogP contribution >= 0.6 is 0 Å². The number of aromatic nitrogens is 2. The fraction of sp³-hybridized carbons (Fsp3) is 0.320. The maximum atomic E-state index is 12.7. The minimum atomic E-state index is -0.114. The largest absolute Gasteiger partial charge is 0.473 e. The molecule has 0 aliphatic carbocycles. The lowest BCUT2D eigenvalue weighted by Crippen LogP contribution is -2.51. The summed E-state index contributed by atoms with van der Waals surface area (Å²) in [7, 11) is 0. The maximum Gasteiger partial charge on any atom is 0.251 e. The van der Waals surface area contributed by atoms with Gasteiger partial charge in [-0.15, -0.1) is 0 Å². The first kappa shape index (κ1) is 21.8. The number of ether oxygens (including phenoxy) is 1. The predicted molar refractivity (Wildman–Crippen MR) is 125 cm³/mol. The fourth-order valence-electron chi connectivity index (χ4n) is 3.80. The Balaban J connectivity index is 1.24. The van der Waals surface area contributed by atoms with Gasteiger partial charge in [-0.05, 0) is 30.7 Å². The number of hydrogen-bond donors (Lipinski definition) is 1. The highest BCUT2D eigenvalue weighted by Crippen LogP contribution is 2.14. The standard InChI is InChI=1S/C25H29N5O2/c1-20(18-29-13-15-30(16-14-29)23-9-5-6-11-26-23)28-25(31)22-10-12-27-24(17-22)32-19-21-7-3-2-4-8-21/h2-12,17,20H,13-16,18-19H2,1H3,(H,28,31). The second-order valence-corrected chi connectivity index (χ2v) is 8.01. The first-order valence-corrected chi connectivity index (χ1v) is 11.0. The second-order valence-electron chi connectivity index (χ2n) is 8.01. The van der Waals surface area contributed by atoms with Crippen LogP contribution in [0.2, 0.25) is 0 Å². The van der Waals surface area contributed by atoms with E-state index < -0.39 is 0 Å². The van der Waals surface area contributed by atoms with E-state index in [0.717, 1.165) is 44.1 Å². The predicted octanol–water partition coefficient (Wildman–Crippen LogP) is 3.00. The van der Waals surface area contributed by atoms with Crippen LogP contribution in [0.4, 0.5) is 5.82 Å². The van der Waals surface area contributed by atoms with E-state index in [1.165, 1.54) is 0 Å². The van der Waals surface area contributed by atoms with Crippen molar-refractivity contribution >= 4 is 11.7 Å². The van der Waals surface area contributed by atoms with Gasteiger partial charge in [0, 0.05) is 62.8 Å². The molecule has 0 saturated carbocycles. The first-order valence-electron chi connectivity index (χ1n) is 11.0. The molecule has 7 nitrogen and oxygen atoms in total. The molecule has 1 fully saturated rings. The van der Waals surface area contributed by atoms with E-state index in [2.05, 4.69) is 25.1 Å². The van der Waals surface area contributed by atoms with Gasteiger partial charge in [-0.2, -0.15) is 0 Å². The summed E-state index contributed by atoms with van der Waals surface area (Å²) in [5.41, 5.74) is 1.61. The van der Waals surface area contributed by atoms with Crippen LogP contribution in [0.5, 0.6) is 5.88 Å². The zero-order chi connectivity index (χ0) is 22.2. The number of anilines is 1. The third-order valence-electron chi connectivity index (χ3n) is 5.48. The summed E-state index contributed by atoms with van der Waals surface area (Å²) in [5, 5.41) is 3.10. The highest BCUT2D eigenvalue weighted by molar-refractivity contribution is 5.94. The van der Waals surface area contributed by atoms with Crippen molar-refractivity contribution in [2.45, 2.75) is 19.6 Å². The number of pyridine rings is 2. The molecule has 1 atom stereocenters. The normalized spacial score (nSPS) is 15.2. The lowest BCUT2D eigenvalue weighted by atomic mass is 10.2. The number of carbonyl (C=O) groups excluding carboxylic acids is 1. The summed E-state index contributed by atoms with van der Waals surface area (Å²) in [4.78, 5) is 26.1. The van der Waals surface area contributed by atoms with Gasteiger partial charge in [0.2, 0.25) is 5.88 Å². The molecule has 7 heteroatoms. The molecule has 0 radical (unpaired) electrons. The molecule has 1 aromatic carbocycles. The summed E-state index contributed by atoms with van der Waals surface area (Å²) in [6, 6.07) is 19.3. The lowest BCUT2D eigenvalue weighted by molar-refractivity contribution is 0.0927. The van der Waals surface area contributed by atoms with E-state index in [1.807, 2.05) is 61.7 Å². The number of benzene rings is 1. The van der Waals surface area contributed by atoms with Gasteiger partial charge in [-0.25, -0.2) is 9.97 Å². The van der Waals surface area contributed by atoms with Crippen molar-refractivity contribution in [2.24, 2.45) is 0 Å². The van der Waals surface area contributed by atoms with Crippen molar-refractivity contribution in [3.8, 4) is 5.88 Å². The Labute approximate surface area is 189 Å². The van der Waals surface area contributed by atoms with Crippen molar-refractivity contribution in [1.82, 2.24) is 20.2 Å². The molecule has 0 spiro atoms. The Hall–Kier alpha value is -3.45. The Kier molecular flexibility index (Phi) is 7.30. The lowest BCUT2D eigenvalue weighted by Gasteiger charge is -2.36. The van der Waals surface area contributed by atoms with Gasteiger partial charge in [-0.1, -0.05) is 36.4 Å². The van der Waals surface area contributed by atoms with Crippen molar-refractivity contribution in [3.63, 3.8) is 0 Å². The van der Waals surface area contributed by atoms with Gasteiger partial charge in [0.15, 0.2) is 0 Å². The SMILES string of the molecule is CC(CN1CCN(c2ccccn2)CC1)NC(=O)c1ccnc(OCc2ccccc2)c1. The van der Waals surface area contributed by atoms with E-state index in [4.69, 9.17) is 4.74 Å². The second kappa shape index (κ2) is 10.7. The number of nitrogens with one attached hydrogen (secondary N) is 1. The van der Waals surface area contributed by atoms with E-state index >= 15 is 0 Å². The van der Waals surface area contributed by atoms with Crippen LogP contribution in [0.15, 0.2) is 73.1 Å². The zero-order valence-corrected chi connectivity index (χ0v) is 18.4. The van der Waals surface area contributed by atoms with E-state index in [-0.39, 0.29) is 11.9 Å². The Morgan fingerprint density at radius 3 is 2.53 bits per heavy atom. The summed E-state index contributed by atoms with van der Waals surface area (Å²) in [5.74, 6) is 1.35. The molecule has 32 heavy (non-hydrogen) atoms. The van der Waals surface area contributed by atoms with Gasteiger partial charge < -0.3 is 15.0 Å². The minimum Gasteiger partial charge on any atom is -0.473 e. The highest BCUT2D eigenvalue weighted by atomic mass is 16.5. The van der Waals surface area contributed by atoms with E-state index in [0.29, 0.717) is 18.1 Å². The minimum absolute atomic E-state index is 0.0331. The third-order valence-corrected chi connectivity index (χ3v) is 5.48. The smallest absolute Gasteiger partial charge is 0.251 e. The van der Waals surface area contributed by atoms with Crippen molar-refractivity contribution in [3.05, 3.63) is 84.2 Å². The summed E-state index contributed by atoms with van der Waals surface area (Å²) in [6.07, 6.45) is 3.44. The average molecular weight is 432 g/mol. The molecule has 0 bridgehead atoms. The summed E-state index contributed by atoms with van der Waals surface area (Å²) >= 11 is 0. The molecule has 1 saturated heterocycles. The van der Waals surface area contributed by atoms with Gasteiger partial charge >= 0.3 is 0 Å². The van der Waals surface area contributed by atoms with Crippen molar-refractivity contribution < 1.29 is 9.53 Å². The van der Waals surface area contributed by atoms with Gasteiger partial charge in [0.05, 0.1) is 0 Å². The van der Waals surface area contributed by atoms with Crippen LogP contribution in [0.25, 0.3) is 0 Å². The summed E-state index contributed by atoms with van der Waals surface area (Å²) in [6.45, 7) is 7.03. The number of carbonyl (C=O) groups is 1. The first-order chi connectivity index (χ1) is 15.7. The highest BCUT2D eigenvalue weighted by Gasteiger charge is 2.20. The zero-order valence-electron chi connectivity index (χ0n) is 18.4. The number of hydrogen-bond acceptors (Lipinski definition) is 6. The van der Waals surface area contributed by atoms with Crippen molar-refractivity contribution in [2.75, 3.05) is 37.6 Å². The van der Waals surface area contributed by atoms with Crippen LogP contribution in [0.3, 0.4) is 0 Å². The quantitative estimate of drug-likeness (QED) is 0.591. The van der Waals surface area contributed by atoms with E-state index in [1.54, 1.807) is 18.3 Å². The molecule has 1 unspecified atom stereocenters. The topological polar surface area (TPSA) is 70.6 Å². The number of rotatable bonds is 8. The van der Waals surface area contributed by atoms with Crippen LogP contribution < -0.4 is 15.0 Å². The fourth-order valence-corrected chi connectivity index (χ4v) is 3.80. The maximum absolute atomic E-state index is 12.7. The molecule has 1 aliphatic heterocycles. The molecule has 3 heterocycles. The van der Waals surface area contributed by atoms with Crippen LogP contribution in [-0.4, -0.2) is 59.5 Å². The Morgan fingerprint density at radius 2 is 1.78 bits per heavy atom. The summed E-state index contributed by atoms with van der Waals surface area (Å²) < 4.78 is 5.75. The van der Waals surface area contributed by atoms with Gasteiger partial charge in [0.25, 0.3) is 5.91 Å². The van der Waals surface area contributed by atoms with Gasteiger partial charge in [-0.3, -0.25) is 9.69 Å². The van der Waals surface area contributed by atoms with Crippen LogP contribution in [0, 0.1) is 0 Å². The molecule has 3 aromatic rings. The number of piperazine rings is 1. The molecule has 2 aromatic heterocycles. The Bertz CT molecular complexity index is 991. The molecule has 1 N–H and O–H groups in total. The monoisotopic (exact) mass is 431 g/mol.